The molecule has 1 heterocycles. The molecular formula is C14H28O2. The third-order valence-corrected chi connectivity index (χ3v) is 3.40. The number of hydrogen-bond acceptors (Lipinski definition) is 2. The fraction of sp³-hybridized carbons (Fsp3) is 1.00. The maximum Gasteiger partial charge on any atom is 0.158 e. The molecule has 0 aliphatic carbocycles. The summed E-state index contributed by atoms with van der Waals surface area (Å²) >= 11 is 0. The minimum Gasteiger partial charge on any atom is -0.350 e. The van der Waals surface area contributed by atoms with Crippen LogP contribution in [0.4, 0.5) is 0 Å². The minimum absolute atomic E-state index is 0.100. The van der Waals surface area contributed by atoms with E-state index in [0.717, 1.165) is 25.6 Å². The van der Waals surface area contributed by atoms with E-state index >= 15 is 0 Å². The zero-order valence-electron chi connectivity index (χ0n) is 11.0. The molecule has 0 bridgehead atoms. The predicted molar refractivity (Wildman–Crippen MR) is 67.5 cm³/mol. The summed E-state index contributed by atoms with van der Waals surface area (Å²) in [7, 11) is 0. The van der Waals surface area contributed by atoms with Crippen molar-refractivity contribution in [1.82, 2.24) is 0 Å². The molecule has 1 unspecified atom stereocenters. The molecule has 0 saturated carbocycles. The molecule has 0 radical (unpaired) electrons. The second-order valence-electron chi connectivity index (χ2n) is 4.91. The molecule has 0 aromatic heterocycles. The SMILES string of the molecule is CCCCCC(CCCC)CC1OCCO1. The van der Waals surface area contributed by atoms with E-state index < -0.39 is 0 Å². The van der Waals surface area contributed by atoms with Crippen LogP contribution in [-0.2, 0) is 9.47 Å². The summed E-state index contributed by atoms with van der Waals surface area (Å²) in [6.07, 6.45) is 10.6. The van der Waals surface area contributed by atoms with E-state index in [1.54, 1.807) is 0 Å². The highest BCUT2D eigenvalue weighted by Gasteiger charge is 2.20. The molecule has 1 rings (SSSR count). The molecule has 1 saturated heterocycles. The van der Waals surface area contributed by atoms with Gasteiger partial charge in [0.15, 0.2) is 6.29 Å². The number of unbranched alkanes of at least 4 members (excludes halogenated alkanes) is 3. The molecule has 1 atom stereocenters. The molecule has 0 spiro atoms. The Morgan fingerprint density at radius 2 is 1.56 bits per heavy atom. The van der Waals surface area contributed by atoms with Gasteiger partial charge in [0, 0.05) is 6.42 Å². The standard InChI is InChI=1S/C14H28O2/c1-3-5-7-9-13(8-6-4-2)12-14-15-10-11-16-14/h13-14H,3-12H2,1-2H3. The summed E-state index contributed by atoms with van der Waals surface area (Å²) in [6.45, 7) is 6.12. The van der Waals surface area contributed by atoms with Gasteiger partial charge in [-0.1, -0.05) is 58.8 Å². The van der Waals surface area contributed by atoms with Gasteiger partial charge < -0.3 is 9.47 Å². The van der Waals surface area contributed by atoms with Crippen molar-refractivity contribution >= 4 is 0 Å². The maximum absolute atomic E-state index is 5.55. The van der Waals surface area contributed by atoms with Crippen molar-refractivity contribution in [2.75, 3.05) is 13.2 Å². The summed E-state index contributed by atoms with van der Waals surface area (Å²) in [6, 6.07) is 0. The molecule has 0 N–H and O–H groups in total. The quantitative estimate of drug-likeness (QED) is 0.552. The molecule has 96 valence electrons. The second kappa shape index (κ2) is 9.00. The van der Waals surface area contributed by atoms with Gasteiger partial charge in [-0.05, 0) is 5.92 Å². The monoisotopic (exact) mass is 228 g/mol. The van der Waals surface area contributed by atoms with Crippen molar-refractivity contribution in [1.29, 1.82) is 0 Å². The van der Waals surface area contributed by atoms with Crippen LogP contribution < -0.4 is 0 Å². The van der Waals surface area contributed by atoms with Gasteiger partial charge in [0.05, 0.1) is 13.2 Å². The fourth-order valence-electron chi connectivity index (χ4n) is 2.37. The van der Waals surface area contributed by atoms with E-state index in [0.29, 0.717) is 0 Å². The molecular weight excluding hydrogens is 200 g/mol. The maximum atomic E-state index is 5.55. The van der Waals surface area contributed by atoms with E-state index in [9.17, 15) is 0 Å². The highest BCUT2D eigenvalue weighted by molar-refractivity contribution is 4.64. The first-order valence-electron chi connectivity index (χ1n) is 7.10. The number of rotatable bonds is 9. The molecule has 0 aromatic carbocycles. The highest BCUT2D eigenvalue weighted by Crippen LogP contribution is 2.24. The lowest BCUT2D eigenvalue weighted by atomic mass is 9.92. The first-order valence-corrected chi connectivity index (χ1v) is 7.10. The van der Waals surface area contributed by atoms with E-state index in [-0.39, 0.29) is 6.29 Å². The lowest BCUT2D eigenvalue weighted by molar-refractivity contribution is -0.0585. The van der Waals surface area contributed by atoms with E-state index in [1.165, 1.54) is 44.9 Å². The van der Waals surface area contributed by atoms with Gasteiger partial charge in [-0.25, -0.2) is 0 Å². The van der Waals surface area contributed by atoms with Crippen molar-refractivity contribution in [2.24, 2.45) is 5.92 Å². The average molecular weight is 228 g/mol. The minimum atomic E-state index is 0.100. The Kier molecular flexibility index (Phi) is 7.87. The summed E-state index contributed by atoms with van der Waals surface area (Å²) in [5.74, 6) is 0.814. The first kappa shape index (κ1) is 14.0. The van der Waals surface area contributed by atoms with Gasteiger partial charge in [-0.15, -0.1) is 0 Å². The van der Waals surface area contributed by atoms with Gasteiger partial charge >= 0.3 is 0 Å². The topological polar surface area (TPSA) is 18.5 Å². The van der Waals surface area contributed by atoms with Crippen molar-refractivity contribution in [3.8, 4) is 0 Å². The lowest BCUT2D eigenvalue weighted by Crippen LogP contribution is -2.14. The molecule has 1 aliphatic rings. The van der Waals surface area contributed by atoms with E-state index in [4.69, 9.17) is 9.47 Å². The summed E-state index contributed by atoms with van der Waals surface area (Å²) in [5.41, 5.74) is 0. The van der Waals surface area contributed by atoms with Crippen molar-refractivity contribution in [3.05, 3.63) is 0 Å². The van der Waals surface area contributed by atoms with Crippen LogP contribution in [0.3, 0.4) is 0 Å². The third-order valence-electron chi connectivity index (χ3n) is 3.40. The Hall–Kier alpha value is -0.0800. The van der Waals surface area contributed by atoms with Gasteiger partial charge in [0.2, 0.25) is 0 Å². The van der Waals surface area contributed by atoms with Gasteiger partial charge in [-0.2, -0.15) is 0 Å². The average Bonchev–Trinajstić information content (AvgIpc) is 2.78. The van der Waals surface area contributed by atoms with Gasteiger partial charge in [0.25, 0.3) is 0 Å². The van der Waals surface area contributed by atoms with Gasteiger partial charge in [-0.3, -0.25) is 0 Å². The highest BCUT2D eigenvalue weighted by atomic mass is 16.7. The van der Waals surface area contributed by atoms with Crippen LogP contribution in [0.1, 0.15) is 65.2 Å². The van der Waals surface area contributed by atoms with Crippen molar-refractivity contribution < 1.29 is 9.47 Å². The van der Waals surface area contributed by atoms with Crippen LogP contribution in [0, 0.1) is 5.92 Å². The van der Waals surface area contributed by atoms with Crippen LogP contribution in [-0.4, -0.2) is 19.5 Å². The van der Waals surface area contributed by atoms with Crippen molar-refractivity contribution in [2.45, 2.75) is 71.5 Å². The molecule has 1 aliphatic heterocycles. The molecule has 0 amide bonds. The largest absolute Gasteiger partial charge is 0.350 e. The van der Waals surface area contributed by atoms with Crippen LogP contribution in [0.15, 0.2) is 0 Å². The Morgan fingerprint density at radius 1 is 0.938 bits per heavy atom. The molecule has 1 fully saturated rings. The molecule has 2 heteroatoms. The summed E-state index contributed by atoms with van der Waals surface area (Å²) in [5, 5.41) is 0. The van der Waals surface area contributed by atoms with Crippen molar-refractivity contribution in [3.63, 3.8) is 0 Å². The Morgan fingerprint density at radius 3 is 2.19 bits per heavy atom. The molecule has 2 nitrogen and oxygen atoms in total. The van der Waals surface area contributed by atoms with Crippen LogP contribution >= 0.6 is 0 Å². The van der Waals surface area contributed by atoms with Crippen LogP contribution in [0.2, 0.25) is 0 Å². The number of hydrogen-bond donors (Lipinski definition) is 0. The van der Waals surface area contributed by atoms with Crippen LogP contribution in [0.25, 0.3) is 0 Å². The first-order chi connectivity index (χ1) is 7.86. The predicted octanol–water partition coefficient (Wildman–Crippen LogP) is 4.14. The Labute approximate surface area is 101 Å². The Bertz CT molecular complexity index is 153. The van der Waals surface area contributed by atoms with E-state index in [2.05, 4.69) is 13.8 Å². The van der Waals surface area contributed by atoms with E-state index in [1.807, 2.05) is 0 Å². The second-order valence-corrected chi connectivity index (χ2v) is 4.91. The third kappa shape index (κ3) is 5.86. The summed E-state index contributed by atoms with van der Waals surface area (Å²) in [4.78, 5) is 0. The molecule has 16 heavy (non-hydrogen) atoms. The smallest absolute Gasteiger partial charge is 0.158 e. The summed E-state index contributed by atoms with van der Waals surface area (Å²) < 4.78 is 11.1. The number of ether oxygens (including phenoxy) is 2. The normalized spacial score (nSPS) is 19.1. The Balaban J connectivity index is 2.18. The lowest BCUT2D eigenvalue weighted by Gasteiger charge is -2.19. The van der Waals surface area contributed by atoms with Gasteiger partial charge in [0.1, 0.15) is 0 Å². The molecule has 0 aromatic rings. The fourth-order valence-corrected chi connectivity index (χ4v) is 2.37. The zero-order valence-corrected chi connectivity index (χ0v) is 11.0. The van der Waals surface area contributed by atoms with Crippen LogP contribution in [0.5, 0.6) is 0 Å². The zero-order chi connectivity index (χ0) is 11.6.